The van der Waals surface area contributed by atoms with Crippen LogP contribution in [0.4, 0.5) is 0 Å². The van der Waals surface area contributed by atoms with Gasteiger partial charge < -0.3 is 4.74 Å². The minimum atomic E-state index is -1.51. The SMILES string of the molecule is CC(C)(Br)C(=O)OCCC[Si](C)(C)Cl. The van der Waals surface area contributed by atoms with E-state index in [0.717, 1.165) is 12.5 Å². The topological polar surface area (TPSA) is 26.3 Å². The molecular formula is C9H18BrClO2Si. The molecule has 0 heterocycles. The fraction of sp³-hybridized carbons (Fsp3) is 0.889. The van der Waals surface area contributed by atoms with Crippen molar-refractivity contribution in [1.82, 2.24) is 0 Å². The average Bonchev–Trinajstić information content (AvgIpc) is 1.93. The lowest BCUT2D eigenvalue weighted by atomic mass is 10.2. The summed E-state index contributed by atoms with van der Waals surface area (Å²) in [6.07, 6.45) is 0.859. The minimum absolute atomic E-state index is 0.216. The van der Waals surface area contributed by atoms with Gasteiger partial charge in [0.25, 0.3) is 0 Å². The van der Waals surface area contributed by atoms with Gasteiger partial charge in [0.15, 0.2) is 7.38 Å². The van der Waals surface area contributed by atoms with Gasteiger partial charge in [-0.1, -0.05) is 29.0 Å². The lowest BCUT2D eigenvalue weighted by molar-refractivity contribution is -0.145. The van der Waals surface area contributed by atoms with E-state index in [9.17, 15) is 4.79 Å². The first-order chi connectivity index (χ1) is 6.13. The van der Waals surface area contributed by atoms with E-state index >= 15 is 0 Å². The van der Waals surface area contributed by atoms with Gasteiger partial charge in [0, 0.05) is 0 Å². The highest BCUT2D eigenvalue weighted by molar-refractivity contribution is 9.10. The number of hydrogen-bond donors (Lipinski definition) is 0. The van der Waals surface area contributed by atoms with Crippen molar-refractivity contribution in [2.75, 3.05) is 6.61 Å². The summed E-state index contributed by atoms with van der Waals surface area (Å²) >= 11 is 9.37. The van der Waals surface area contributed by atoms with Crippen LogP contribution < -0.4 is 0 Å². The third kappa shape index (κ3) is 7.82. The Morgan fingerprint density at radius 3 is 2.36 bits per heavy atom. The summed E-state index contributed by atoms with van der Waals surface area (Å²) in [5, 5.41) is 0. The van der Waals surface area contributed by atoms with E-state index in [0.29, 0.717) is 6.61 Å². The van der Waals surface area contributed by atoms with Crippen LogP contribution in [-0.4, -0.2) is 24.3 Å². The van der Waals surface area contributed by atoms with Crippen molar-refractivity contribution in [3.05, 3.63) is 0 Å². The van der Waals surface area contributed by atoms with Gasteiger partial charge in [-0.2, -0.15) is 11.1 Å². The van der Waals surface area contributed by atoms with Crippen molar-refractivity contribution >= 4 is 40.4 Å². The third-order valence-electron chi connectivity index (χ3n) is 1.63. The van der Waals surface area contributed by atoms with E-state index in [-0.39, 0.29) is 5.97 Å². The molecule has 0 spiro atoms. The molecule has 0 aliphatic carbocycles. The zero-order valence-corrected chi connectivity index (χ0v) is 12.5. The molecule has 0 saturated carbocycles. The quantitative estimate of drug-likeness (QED) is 0.255. The minimum Gasteiger partial charge on any atom is -0.465 e. The zero-order valence-electron chi connectivity index (χ0n) is 9.19. The summed E-state index contributed by atoms with van der Waals surface area (Å²) < 4.78 is 4.50. The van der Waals surface area contributed by atoms with E-state index in [1.165, 1.54) is 0 Å². The molecule has 0 aliphatic heterocycles. The molecule has 14 heavy (non-hydrogen) atoms. The monoisotopic (exact) mass is 300 g/mol. The second kappa shape index (κ2) is 5.52. The predicted octanol–water partition coefficient (Wildman–Crippen LogP) is 3.54. The first-order valence-electron chi connectivity index (χ1n) is 4.68. The van der Waals surface area contributed by atoms with Crippen LogP contribution in [-0.2, 0) is 9.53 Å². The molecule has 0 N–H and O–H groups in total. The largest absolute Gasteiger partial charge is 0.465 e. The highest BCUT2D eigenvalue weighted by Crippen LogP contribution is 2.19. The molecular weight excluding hydrogens is 284 g/mol. The molecule has 0 aromatic heterocycles. The standard InChI is InChI=1S/C9H18BrClO2Si/c1-9(2,10)8(12)13-6-5-7-14(3,4)11/h5-7H2,1-4H3. The Labute approximate surface area is 100 Å². The van der Waals surface area contributed by atoms with E-state index in [2.05, 4.69) is 29.0 Å². The Kier molecular flexibility index (Phi) is 5.70. The van der Waals surface area contributed by atoms with Gasteiger partial charge in [-0.05, 0) is 26.3 Å². The average molecular weight is 302 g/mol. The van der Waals surface area contributed by atoms with Crippen molar-refractivity contribution in [3.8, 4) is 0 Å². The van der Waals surface area contributed by atoms with Gasteiger partial charge in [-0.25, -0.2) is 0 Å². The molecule has 0 aromatic carbocycles. The number of carbonyl (C=O) groups excluding carboxylic acids is 1. The summed E-state index contributed by atoms with van der Waals surface area (Å²) in [5.41, 5.74) is 0. The van der Waals surface area contributed by atoms with Crippen LogP contribution in [0.15, 0.2) is 0 Å². The van der Waals surface area contributed by atoms with E-state index < -0.39 is 11.7 Å². The van der Waals surface area contributed by atoms with Gasteiger partial charge in [0.05, 0.1) is 6.61 Å². The van der Waals surface area contributed by atoms with Crippen LogP contribution in [0.2, 0.25) is 19.1 Å². The van der Waals surface area contributed by atoms with E-state index in [4.69, 9.17) is 15.8 Å². The Hall–Kier alpha value is 0.457. The summed E-state index contributed by atoms with van der Waals surface area (Å²) in [5.74, 6) is -0.216. The second-order valence-electron chi connectivity index (χ2n) is 4.43. The molecule has 0 bridgehead atoms. The summed E-state index contributed by atoms with van der Waals surface area (Å²) in [6, 6.07) is 0.977. The molecule has 0 fully saturated rings. The van der Waals surface area contributed by atoms with Crippen LogP contribution in [0, 0.1) is 0 Å². The number of carbonyl (C=O) groups is 1. The highest BCUT2D eigenvalue weighted by Gasteiger charge is 2.25. The summed E-state index contributed by atoms with van der Waals surface area (Å²) in [7, 11) is -1.51. The van der Waals surface area contributed by atoms with E-state index in [1.807, 2.05) is 0 Å². The van der Waals surface area contributed by atoms with Crippen LogP contribution in [0.25, 0.3) is 0 Å². The molecule has 0 saturated heterocycles. The van der Waals surface area contributed by atoms with Crippen molar-refractivity contribution in [3.63, 3.8) is 0 Å². The van der Waals surface area contributed by atoms with Crippen molar-refractivity contribution in [2.45, 2.75) is 43.7 Å². The Balaban J connectivity index is 3.62. The Bertz CT molecular complexity index is 196. The maximum atomic E-state index is 11.3. The predicted molar refractivity (Wildman–Crippen MR) is 66.7 cm³/mol. The molecule has 0 aromatic rings. The molecule has 84 valence electrons. The van der Waals surface area contributed by atoms with Crippen molar-refractivity contribution in [2.24, 2.45) is 0 Å². The van der Waals surface area contributed by atoms with Crippen LogP contribution in [0.1, 0.15) is 20.3 Å². The molecule has 0 rings (SSSR count). The van der Waals surface area contributed by atoms with Crippen LogP contribution in [0.5, 0.6) is 0 Å². The molecule has 0 atom stereocenters. The van der Waals surface area contributed by atoms with Gasteiger partial charge in [-0.3, -0.25) is 4.79 Å². The Morgan fingerprint density at radius 1 is 1.50 bits per heavy atom. The number of halogens is 2. The lowest BCUT2D eigenvalue weighted by Crippen LogP contribution is -2.27. The fourth-order valence-electron chi connectivity index (χ4n) is 0.829. The number of rotatable bonds is 5. The van der Waals surface area contributed by atoms with Gasteiger partial charge in [0.1, 0.15) is 4.32 Å². The highest BCUT2D eigenvalue weighted by atomic mass is 79.9. The summed E-state index contributed by atoms with van der Waals surface area (Å²) in [6.45, 7) is 8.19. The normalized spacial score (nSPS) is 12.7. The first kappa shape index (κ1) is 14.5. The maximum Gasteiger partial charge on any atom is 0.322 e. The molecule has 0 radical (unpaired) electrons. The number of esters is 1. The number of alkyl halides is 1. The molecule has 0 aliphatic rings. The lowest BCUT2D eigenvalue weighted by Gasteiger charge is -2.16. The summed E-state index contributed by atoms with van der Waals surface area (Å²) in [4.78, 5) is 11.3. The van der Waals surface area contributed by atoms with Crippen molar-refractivity contribution < 1.29 is 9.53 Å². The molecule has 5 heteroatoms. The first-order valence-corrected chi connectivity index (χ1v) is 9.69. The second-order valence-corrected chi connectivity index (χ2v) is 13.4. The Morgan fingerprint density at radius 2 is 2.00 bits per heavy atom. The third-order valence-corrected chi connectivity index (χ3v) is 4.07. The van der Waals surface area contributed by atoms with Crippen molar-refractivity contribution in [1.29, 1.82) is 0 Å². The van der Waals surface area contributed by atoms with Crippen LogP contribution >= 0.6 is 27.0 Å². The smallest absolute Gasteiger partial charge is 0.322 e. The molecule has 2 nitrogen and oxygen atoms in total. The fourth-order valence-corrected chi connectivity index (χ4v) is 2.33. The van der Waals surface area contributed by atoms with Gasteiger partial charge in [-0.15, -0.1) is 0 Å². The molecule has 0 amide bonds. The maximum absolute atomic E-state index is 11.3. The zero-order chi connectivity index (χ0) is 11.4. The van der Waals surface area contributed by atoms with E-state index in [1.54, 1.807) is 13.8 Å². The van der Waals surface area contributed by atoms with Gasteiger partial charge in [0.2, 0.25) is 0 Å². The van der Waals surface area contributed by atoms with Gasteiger partial charge >= 0.3 is 5.97 Å². The number of ether oxygens (including phenoxy) is 1. The number of hydrogen-bond acceptors (Lipinski definition) is 2. The molecule has 0 unspecified atom stereocenters. The van der Waals surface area contributed by atoms with Crippen LogP contribution in [0.3, 0.4) is 0 Å².